The molecule has 1 heterocycles. The van der Waals surface area contributed by atoms with Gasteiger partial charge in [-0.15, -0.1) is 0 Å². The molecular weight excluding hydrogens is 288 g/mol. The first kappa shape index (κ1) is 15.6. The summed E-state index contributed by atoms with van der Waals surface area (Å²) in [5, 5.41) is 9.24. The Hall–Kier alpha value is -2.33. The molecule has 0 saturated heterocycles. The molecule has 0 radical (unpaired) electrons. The van der Waals surface area contributed by atoms with Crippen LogP contribution in [0.2, 0.25) is 0 Å². The van der Waals surface area contributed by atoms with Crippen molar-refractivity contribution in [3.05, 3.63) is 47.5 Å². The number of para-hydroxylation sites is 1. The van der Waals surface area contributed by atoms with E-state index in [2.05, 4.69) is 30.5 Å². The number of ether oxygens (including phenoxy) is 1. The van der Waals surface area contributed by atoms with Gasteiger partial charge in [0.1, 0.15) is 11.6 Å². The van der Waals surface area contributed by atoms with Crippen molar-refractivity contribution >= 4 is 11.0 Å². The number of aliphatic hydroxyl groups excluding tert-OH is 1. The lowest BCUT2D eigenvalue weighted by molar-refractivity contribution is 0.281. The predicted octanol–water partition coefficient (Wildman–Crippen LogP) is 3.71. The number of aryl methyl sites for hydroxylation is 3. The van der Waals surface area contributed by atoms with Crippen molar-refractivity contribution in [2.24, 2.45) is 0 Å². The van der Waals surface area contributed by atoms with E-state index in [0.717, 1.165) is 34.7 Å². The molecule has 120 valence electrons. The summed E-state index contributed by atoms with van der Waals surface area (Å²) in [4.78, 5) is 4.85. The Morgan fingerprint density at radius 2 is 1.87 bits per heavy atom. The van der Waals surface area contributed by atoms with Gasteiger partial charge in [-0.25, -0.2) is 4.98 Å². The van der Waals surface area contributed by atoms with Gasteiger partial charge in [-0.3, -0.25) is 0 Å². The number of nitrogens with zero attached hydrogens (tertiary/aromatic N) is 2. The third-order valence-electron chi connectivity index (χ3n) is 4.25. The molecule has 3 rings (SSSR count). The third-order valence-corrected chi connectivity index (χ3v) is 4.25. The Bertz CT molecular complexity index is 837. The molecule has 0 unspecified atom stereocenters. The third kappa shape index (κ3) is 2.82. The topological polar surface area (TPSA) is 47.3 Å². The number of hydrogen-bond donors (Lipinski definition) is 1. The molecule has 0 spiro atoms. The highest BCUT2D eigenvalue weighted by Crippen LogP contribution is 2.32. The summed E-state index contributed by atoms with van der Waals surface area (Å²) in [6.07, 6.45) is 0.695. The number of aromatic nitrogens is 2. The van der Waals surface area contributed by atoms with Crippen LogP contribution in [-0.4, -0.2) is 28.4 Å². The van der Waals surface area contributed by atoms with E-state index >= 15 is 0 Å². The number of aliphatic hydroxyl groups is 1. The Morgan fingerprint density at radius 1 is 1.13 bits per heavy atom. The van der Waals surface area contributed by atoms with E-state index in [1.807, 2.05) is 24.3 Å². The summed E-state index contributed by atoms with van der Waals surface area (Å²) in [5.41, 5.74) is 5.53. The van der Waals surface area contributed by atoms with Gasteiger partial charge in [-0.1, -0.05) is 12.1 Å². The molecule has 4 heteroatoms. The molecule has 0 bridgehead atoms. The quantitative estimate of drug-likeness (QED) is 0.781. The van der Waals surface area contributed by atoms with Gasteiger partial charge in [0.05, 0.1) is 23.7 Å². The van der Waals surface area contributed by atoms with Crippen molar-refractivity contribution in [3.8, 4) is 17.1 Å². The van der Waals surface area contributed by atoms with E-state index < -0.39 is 0 Å². The molecule has 0 fully saturated rings. The fourth-order valence-corrected chi connectivity index (χ4v) is 2.87. The molecule has 0 aliphatic heterocycles. The zero-order valence-corrected chi connectivity index (χ0v) is 13.8. The van der Waals surface area contributed by atoms with Crippen LogP contribution in [0, 0.1) is 13.8 Å². The van der Waals surface area contributed by atoms with Crippen LogP contribution in [0.15, 0.2) is 36.4 Å². The lowest BCUT2D eigenvalue weighted by Gasteiger charge is -2.11. The number of benzene rings is 2. The van der Waals surface area contributed by atoms with Crippen molar-refractivity contribution in [1.82, 2.24) is 9.55 Å². The van der Waals surface area contributed by atoms with Crippen LogP contribution in [0.1, 0.15) is 17.5 Å². The van der Waals surface area contributed by atoms with Gasteiger partial charge in [-0.2, -0.15) is 0 Å². The predicted molar refractivity (Wildman–Crippen MR) is 92.9 cm³/mol. The number of rotatable bonds is 5. The number of methoxy groups -OCH3 is 1. The van der Waals surface area contributed by atoms with Gasteiger partial charge in [0.25, 0.3) is 0 Å². The Labute approximate surface area is 136 Å². The standard InChI is InChI=1S/C19H22N2O2/c1-13-11-16-17(12-14(13)2)21(9-6-10-22)19(20-16)15-7-4-5-8-18(15)23-3/h4-5,7-8,11-12,22H,6,9-10H2,1-3H3. The smallest absolute Gasteiger partial charge is 0.144 e. The highest BCUT2D eigenvalue weighted by atomic mass is 16.5. The van der Waals surface area contributed by atoms with E-state index in [0.29, 0.717) is 6.42 Å². The zero-order chi connectivity index (χ0) is 16.4. The molecule has 4 nitrogen and oxygen atoms in total. The molecule has 3 aromatic rings. The van der Waals surface area contributed by atoms with Crippen LogP contribution in [0.4, 0.5) is 0 Å². The summed E-state index contributed by atoms with van der Waals surface area (Å²) < 4.78 is 7.68. The Kier molecular flexibility index (Phi) is 4.35. The van der Waals surface area contributed by atoms with Crippen molar-refractivity contribution in [3.63, 3.8) is 0 Å². The van der Waals surface area contributed by atoms with Gasteiger partial charge < -0.3 is 14.4 Å². The highest BCUT2D eigenvalue weighted by molar-refractivity contribution is 5.83. The van der Waals surface area contributed by atoms with Crippen molar-refractivity contribution < 1.29 is 9.84 Å². The van der Waals surface area contributed by atoms with Gasteiger partial charge >= 0.3 is 0 Å². The second-order valence-electron chi connectivity index (χ2n) is 5.79. The monoisotopic (exact) mass is 310 g/mol. The second-order valence-corrected chi connectivity index (χ2v) is 5.79. The van der Waals surface area contributed by atoms with Gasteiger partial charge in [0.2, 0.25) is 0 Å². The second kappa shape index (κ2) is 6.42. The Morgan fingerprint density at radius 3 is 2.61 bits per heavy atom. The first-order valence-corrected chi connectivity index (χ1v) is 7.87. The maximum absolute atomic E-state index is 9.24. The molecule has 23 heavy (non-hydrogen) atoms. The lowest BCUT2D eigenvalue weighted by atomic mass is 10.1. The van der Waals surface area contributed by atoms with Crippen LogP contribution < -0.4 is 4.74 Å². The molecule has 0 saturated carbocycles. The van der Waals surface area contributed by atoms with E-state index in [4.69, 9.17) is 9.72 Å². The fourth-order valence-electron chi connectivity index (χ4n) is 2.87. The van der Waals surface area contributed by atoms with Crippen LogP contribution in [-0.2, 0) is 6.54 Å². The maximum Gasteiger partial charge on any atom is 0.144 e. The summed E-state index contributed by atoms with van der Waals surface area (Å²) in [6.45, 7) is 5.10. The van der Waals surface area contributed by atoms with Crippen molar-refractivity contribution in [2.75, 3.05) is 13.7 Å². The van der Waals surface area contributed by atoms with Gasteiger partial charge in [0.15, 0.2) is 0 Å². The highest BCUT2D eigenvalue weighted by Gasteiger charge is 2.16. The minimum Gasteiger partial charge on any atom is -0.496 e. The van der Waals surface area contributed by atoms with E-state index in [1.165, 1.54) is 11.1 Å². The Balaban J connectivity index is 2.26. The molecule has 0 atom stereocenters. The summed E-state index contributed by atoms with van der Waals surface area (Å²) in [7, 11) is 1.67. The largest absolute Gasteiger partial charge is 0.496 e. The van der Waals surface area contributed by atoms with Crippen molar-refractivity contribution in [2.45, 2.75) is 26.8 Å². The number of imidazole rings is 1. The van der Waals surface area contributed by atoms with Crippen LogP contribution in [0.5, 0.6) is 5.75 Å². The first-order valence-electron chi connectivity index (χ1n) is 7.87. The van der Waals surface area contributed by atoms with E-state index in [9.17, 15) is 5.11 Å². The zero-order valence-electron chi connectivity index (χ0n) is 13.8. The van der Waals surface area contributed by atoms with Crippen molar-refractivity contribution in [1.29, 1.82) is 0 Å². The minimum atomic E-state index is 0.163. The molecule has 1 N–H and O–H groups in total. The maximum atomic E-state index is 9.24. The summed E-state index contributed by atoms with van der Waals surface area (Å²) >= 11 is 0. The van der Waals surface area contributed by atoms with E-state index in [-0.39, 0.29) is 6.61 Å². The minimum absolute atomic E-state index is 0.163. The number of fused-ring (bicyclic) bond motifs is 1. The van der Waals surface area contributed by atoms with Crippen LogP contribution in [0.3, 0.4) is 0 Å². The molecule has 0 aliphatic carbocycles. The normalized spacial score (nSPS) is 11.1. The molecule has 0 amide bonds. The van der Waals surface area contributed by atoms with Crippen LogP contribution in [0.25, 0.3) is 22.4 Å². The molecular formula is C19H22N2O2. The fraction of sp³-hybridized carbons (Fsp3) is 0.316. The molecule has 1 aromatic heterocycles. The average Bonchev–Trinajstić information content (AvgIpc) is 2.90. The molecule has 0 aliphatic rings. The average molecular weight is 310 g/mol. The molecule has 2 aromatic carbocycles. The number of hydrogen-bond acceptors (Lipinski definition) is 3. The summed E-state index contributed by atoms with van der Waals surface area (Å²) in [5.74, 6) is 1.69. The van der Waals surface area contributed by atoms with Gasteiger partial charge in [-0.05, 0) is 55.7 Å². The van der Waals surface area contributed by atoms with Crippen LogP contribution >= 0.6 is 0 Å². The SMILES string of the molecule is COc1ccccc1-c1nc2cc(C)c(C)cc2n1CCCO. The van der Waals surface area contributed by atoms with Gasteiger partial charge in [0, 0.05) is 13.2 Å². The lowest BCUT2D eigenvalue weighted by Crippen LogP contribution is -2.03. The first-order chi connectivity index (χ1) is 11.2. The van der Waals surface area contributed by atoms with E-state index in [1.54, 1.807) is 7.11 Å². The summed E-state index contributed by atoms with van der Waals surface area (Å²) in [6, 6.07) is 12.2.